The van der Waals surface area contributed by atoms with Gasteiger partial charge in [-0.1, -0.05) is 18.2 Å². The van der Waals surface area contributed by atoms with Gasteiger partial charge in [0.25, 0.3) is 0 Å². The van der Waals surface area contributed by atoms with Crippen LogP contribution < -0.4 is 9.64 Å². The highest BCUT2D eigenvalue weighted by Crippen LogP contribution is 2.37. The van der Waals surface area contributed by atoms with Crippen molar-refractivity contribution in [2.45, 2.75) is 19.3 Å². The van der Waals surface area contributed by atoms with Crippen LogP contribution in [0.2, 0.25) is 0 Å². The predicted octanol–water partition coefficient (Wildman–Crippen LogP) is 4.12. The van der Waals surface area contributed by atoms with Crippen molar-refractivity contribution in [3.05, 3.63) is 65.9 Å². The van der Waals surface area contributed by atoms with Crippen LogP contribution in [0.25, 0.3) is 11.3 Å². The number of aromatic nitrogens is 2. The third-order valence-corrected chi connectivity index (χ3v) is 4.66. The zero-order chi connectivity index (χ0) is 19.9. The van der Waals surface area contributed by atoms with Crippen molar-refractivity contribution in [1.29, 1.82) is 0 Å². The standard InChI is InChI=1S/C20H16F3N3O2/c1-25(15-6-4-5-14(9-15)20(21,22)23)18(27)11-26-19-13(10-24-26)12-28-17-8-3-2-7-16(17)19/h2-10H,11-12H2,1H3. The maximum absolute atomic E-state index is 12.9. The molecule has 0 bridgehead atoms. The van der Waals surface area contributed by atoms with Gasteiger partial charge in [0.15, 0.2) is 0 Å². The van der Waals surface area contributed by atoms with Crippen molar-refractivity contribution in [3.8, 4) is 17.0 Å². The summed E-state index contributed by atoms with van der Waals surface area (Å²) < 4.78 is 46.0. The normalized spacial score (nSPS) is 12.7. The molecule has 0 unspecified atom stereocenters. The summed E-state index contributed by atoms with van der Waals surface area (Å²) in [5, 5.41) is 4.28. The first-order valence-corrected chi connectivity index (χ1v) is 8.55. The second-order valence-electron chi connectivity index (χ2n) is 6.46. The van der Waals surface area contributed by atoms with Crippen LogP contribution in [-0.2, 0) is 24.1 Å². The molecule has 8 heteroatoms. The average molecular weight is 387 g/mol. The Hall–Kier alpha value is -3.29. The fraction of sp³-hybridized carbons (Fsp3) is 0.200. The summed E-state index contributed by atoms with van der Waals surface area (Å²) in [4.78, 5) is 13.9. The molecule has 1 aliphatic heterocycles. The molecular weight excluding hydrogens is 371 g/mol. The first kappa shape index (κ1) is 18.1. The van der Waals surface area contributed by atoms with E-state index in [1.54, 1.807) is 10.9 Å². The van der Waals surface area contributed by atoms with E-state index in [9.17, 15) is 18.0 Å². The van der Waals surface area contributed by atoms with Gasteiger partial charge in [-0.3, -0.25) is 9.48 Å². The summed E-state index contributed by atoms with van der Waals surface area (Å²) in [5.41, 5.74) is 1.84. The maximum Gasteiger partial charge on any atom is 0.416 e. The maximum atomic E-state index is 12.9. The van der Waals surface area contributed by atoms with E-state index in [1.807, 2.05) is 24.3 Å². The monoisotopic (exact) mass is 387 g/mol. The number of ether oxygens (including phenoxy) is 1. The molecule has 0 atom stereocenters. The molecule has 144 valence electrons. The number of para-hydroxylation sites is 1. The summed E-state index contributed by atoms with van der Waals surface area (Å²) in [7, 11) is 1.45. The van der Waals surface area contributed by atoms with Crippen molar-refractivity contribution < 1.29 is 22.7 Å². The molecule has 0 saturated heterocycles. The minimum absolute atomic E-state index is 0.101. The van der Waals surface area contributed by atoms with Gasteiger partial charge in [0.1, 0.15) is 18.9 Å². The molecule has 0 aliphatic carbocycles. The van der Waals surface area contributed by atoms with Crippen molar-refractivity contribution in [2.75, 3.05) is 11.9 Å². The van der Waals surface area contributed by atoms with E-state index in [0.29, 0.717) is 12.4 Å². The molecule has 5 nitrogen and oxygen atoms in total. The number of carbonyl (C=O) groups is 1. The number of amides is 1. The van der Waals surface area contributed by atoms with Gasteiger partial charge in [-0.2, -0.15) is 18.3 Å². The van der Waals surface area contributed by atoms with Crippen molar-refractivity contribution >= 4 is 11.6 Å². The SMILES string of the molecule is CN(C(=O)Cn1ncc2c1-c1ccccc1OC2)c1cccc(C(F)(F)F)c1. The summed E-state index contributed by atoms with van der Waals surface area (Å²) >= 11 is 0. The second-order valence-corrected chi connectivity index (χ2v) is 6.46. The lowest BCUT2D eigenvalue weighted by Crippen LogP contribution is -2.31. The Morgan fingerprint density at radius 2 is 2.00 bits per heavy atom. The van der Waals surface area contributed by atoms with Crippen molar-refractivity contribution in [3.63, 3.8) is 0 Å². The smallest absolute Gasteiger partial charge is 0.416 e. The highest BCUT2D eigenvalue weighted by molar-refractivity contribution is 5.93. The largest absolute Gasteiger partial charge is 0.488 e. The van der Waals surface area contributed by atoms with Gasteiger partial charge in [-0.15, -0.1) is 0 Å². The quantitative estimate of drug-likeness (QED) is 0.679. The fourth-order valence-electron chi connectivity index (χ4n) is 3.17. The lowest BCUT2D eigenvalue weighted by Gasteiger charge is -2.21. The Morgan fingerprint density at radius 3 is 2.79 bits per heavy atom. The molecule has 1 aliphatic rings. The molecule has 3 aromatic rings. The van der Waals surface area contributed by atoms with E-state index in [-0.39, 0.29) is 18.1 Å². The Balaban J connectivity index is 1.60. The molecule has 0 spiro atoms. The van der Waals surface area contributed by atoms with Crippen LogP contribution >= 0.6 is 0 Å². The summed E-state index contributed by atoms with van der Waals surface area (Å²) in [6.07, 6.45) is -2.83. The Labute approximate surface area is 159 Å². The van der Waals surface area contributed by atoms with Gasteiger partial charge in [0.2, 0.25) is 5.91 Å². The van der Waals surface area contributed by atoms with E-state index >= 15 is 0 Å². The highest BCUT2D eigenvalue weighted by atomic mass is 19.4. The Bertz CT molecular complexity index is 1040. The molecule has 0 saturated carbocycles. The molecule has 0 fully saturated rings. The van der Waals surface area contributed by atoms with Crippen molar-refractivity contribution in [2.24, 2.45) is 0 Å². The number of halogens is 3. The minimum atomic E-state index is -4.47. The van der Waals surface area contributed by atoms with Crippen molar-refractivity contribution in [1.82, 2.24) is 9.78 Å². The lowest BCUT2D eigenvalue weighted by atomic mass is 10.0. The number of carbonyl (C=O) groups excluding carboxylic acids is 1. The Kier molecular flexibility index (Phi) is 4.33. The predicted molar refractivity (Wildman–Crippen MR) is 96.8 cm³/mol. The van der Waals surface area contributed by atoms with E-state index in [4.69, 9.17) is 4.74 Å². The molecule has 28 heavy (non-hydrogen) atoms. The van der Waals surface area contributed by atoms with E-state index < -0.39 is 11.7 Å². The van der Waals surface area contributed by atoms with Gasteiger partial charge < -0.3 is 9.64 Å². The highest BCUT2D eigenvalue weighted by Gasteiger charge is 2.31. The van der Waals surface area contributed by atoms with Crippen LogP contribution in [0.1, 0.15) is 11.1 Å². The first-order valence-electron chi connectivity index (χ1n) is 8.55. The van der Waals surface area contributed by atoms with Gasteiger partial charge in [-0.05, 0) is 30.3 Å². The topological polar surface area (TPSA) is 47.4 Å². The van der Waals surface area contributed by atoms with Crippen LogP contribution in [0.15, 0.2) is 54.7 Å². The number of likely N-dealkylation sites (N-methyl/N-ethyl adjacent to an activating group) is 1. The van der Waals surface area contributed by atoms with Crippen LogP contribution in [0.3, 0.4) is 0 Å². The van der Waals surface area contributed by atoms with Gasteiger partial charge >= 0.3 is 6.18 Å². The molecular formula is C20H16F3N3O2. The minimum Gasteiger partial charge on any atom is -0.488 e. The summed E-state index contributed by atoms with van der Waals surface area (Å²) in [6, 6.07) is 12.1. The molecule has 2 aromatic carbocycles. The number of alkyl halides is 3. The number of hydrogen-bond donors (Lipinski definition) is 0. The molecule has 1 aromatic heterocycles. The van der Waals surface area contributed by atoms with Gasteiger partial charge in [0.05, 0.1) is 17.5 Å². The molecule has 1 amide bonds. The van der Waals surface area contributed by atoms with Crippen LogP contribution in [0.5, 0.6) is 5.75 Å². The van der Waals surface area contributed by atoms with Gasteiger partial charge in [-0.25, -0.2) is 0 Å². The van der Waals surface area contributed by atoms with Crippen LogP contribution in [0.4, 0.5) is 18.9 Å². The van der Waals surface area contributed by atoms with Crippen LogP contribution in [0, 0.1) is 0 Å². The third kappa shape index (κ3) is 3.21. The average Bonchev–Trinajstić information content (AvgIpc) is 3.10. The third-order valence-electron chi connectivity index (χ3n) is 4.66. The number of fused-ring (bicyclic) bond motifs is 3. The number of benzene rings is 2. The summed E-state index contributed by atoms with van der Waals surface area (Å²) in [6.45, 7) is 0.250. The number of nitrogens with zero attached hydrogens (tertiary/aromatic N) is 3. The molecule has 4 rings (SSSR count). The first-order chi connectivity index (χ1) is 13.3. The second kappa shape index (κ2) is 6.70. The van der Waals surface area contributed by atoms with Gasteiger partial charge in [0, 0.05) is 23.9 Å². The molecule has 2 heterocycles. The molecule has 0 N–H and O–H groups in total. The number of anilines is 1. The van der Waals surface area contributed by atoms with Crippen LogP contribution in [-0.4, -0.2) is 22.7 Å². The fourth-order valence-corrected chi connectivity index (χ4v) is 3.17. The van der Waals surface area contributed by atoms with E-state index in [1.165, 1.54) is 24.1 Å². The zero-order valence-electron chi connectivity index (χ0n) is 14.9. The van der Waals surface area contributed by atoms with E-state index in [2.05, 4.69) is 5.10 Å². The number of rotatable bonds is 3. The lowest BCUT2D eigenvalue weighted by molar-refractivity contribution is -0.137. The summed E-state index contributed by atoms with van der Waals surface area (Å²) in [5.74, 6) is 0.324. The number of hydrogen-bond acceptors (Lipinski definition) is 3. The zero-order valence-corrected chi connectivity index (χ0v) is 14.9. The Morgan fingerprint density at radius 1 is 1.21 bits per heavy atom. The van der Waals surface area contributed by atoms with E-state index in [0.717, 1.165) is 29.0 Å². The molecule has 0 radical (unpaired) electrons.